The van der Waals surface area contributed by atoms with Crippen LogP contribution in [-0.2, 0) is 0 Å². The van der Waals surface area contributed by atoms with Crippen molar-refractivity contribution in [2.75, 3.05) is 0 Å². The molecule has 1 heteroatoms. The fourth-order valence-electron chi connectivity index (χ4n) is 1.59. The summed E-state index contributed by atoms with van der Waals surface area (Å²) in [7, 11) is 0. The van der Waals surface area contributed by atoms with Crippen molar-refractivity contribution in [1.82, 2.24) is 0 Å². The predicted molar refractivity (Wildman–Crippen MR) is 52.2 cm³/mol. The van der Waals surface area contributed by atoms with Gasteiger partial charge in [-0.25, -0.2) is 0 Å². The third-order valence-corrected chi connectivity index (χ3v) is 2.59. The van der Waals surface area contributed by atoms with Crippen LogP contribution in [0.1, 0.15) is 20.3 Å². The van der Waals surface area contributed by atoms with E-state index in [-0.39, 0.29) is 0 Å². The van der Waals surface area contributed by atoms with E-state index in [9.17, 15) is 0 Å². The molecule has 0 amide bonds. The number of aliphatic imine (C=N–C) groups is 1. The summed E-state index contributed by atoms with van der Waals surface area (Å²) in [5.74, 6) is 0.636. The number of hydrogen-bond acceptors (Lipinski definition) is 1. The number of hydrogen-bond donors (Lipinski definition) is 0. The second-order valence-corrected chi connectivity index (χ2v) is 3.35. The van der Waals surface area contributed by atoms with Crippen molar-refractivity contribution < 1.29 is 0 Å². The summed E-state index contributed by atoms with van der Waals surface area (Å²) in [5, 5.41) is 0. The van der Waals surface area contributed by atoms with Crippen LogP contribution >= 0.6 is 0 Å². The van der Waals surface area contributed by atoms with Crippen molar-refractivity contribution in [2.24, 2.45) is 10.9 Å². The van der Waals surface area contributed by atoms with Crippen molar-refractivity contribution in [1.29, 1.82) is 0 Å². The van der Waals surface area contributed by atoms with E-state index in [2.05, 4.69) is 37.1 Å². The molecule has 0 N–H and O–H groups in total. The number of rotatable bonds is 2. The molecule has 1 heterocycles. The van der Waals surface area contributed by atoms with E-state index in [0.29, 0.717) is 5.92 Å². The second-order valence-electron chi connectivity index (χ2n) is 3.35. The predicted octanol–water partition coefficient (Wildman–Crippen LogP) is 2.87. The highest BCUT2D eigenvalue weighted by Crippen LogP contribution is 2.31. The third kappa shape index (κ3) is 0.970. The molecular formula is C11H13N. The maximum atomic E-state index is 4.35. The molecule has 0 aromatic carbocycles. The SMILES string of the molecule is CCC(C)C1=C2C=CC=C2N=C1. The van der Waals surface area contributed by atoms with Crippen molar-refractivity contribution in [3.8, 4) is 0 Å². The van der Waals surface area contributed by atoms with Crippen LogP contribution in [0.2, 0.25) is 0 Å². The van der Waals surface area contributed by atoms with Gasteiger partial charge in [0.1, 0.15) is 0 Å². The highest BCUT2D eigenvalue weighted by molar-refractivity contribution is 5.89. The van der Waals surface area contributed by atoms with Crippen molar-refractivity contribution in [3.05, 3.63) is 35.1 Å². The lowest BCUT2D eigenvalue weighted by Gasteiger charge is -2.07. The smallest absolute Gasteiger partial charge is 0.0705 e. The Kier molecular flexibility index (Phi) is 1.72. The maximum Gasteiger partial charge on any atom is 0.0705 e. The van der Waals surface area contributed by atoms with Crippen LogP contribution in [0.3, 0.4) is 0 Å². The lowest BCUT2D eigenvalue weighted by Crippen LogP contribution is -1.98. The molecule has 1 atom stereocenters. The summed E-state index contributed by atoms with van der Waals surface area (Å²) in [4.78, 5) is 4.35. The molecular weight excluding hydrogens is 146 g/mol. The summed E-state index contributed by atoms with van der Waals surface area (Å²) < 4.78 is 0. The minimum absolute atomic E-state index is 0.636. The Morgan fingerprint density at radius 1 is 1.50 bits per heavy atom. The quantitative estimate of drug-likeness (QED) is 0.587. The summed E-state index contributed by atoms with van der Waals surface area (Å²) in [6, 6.07) is 0. The van der Waals surface area contributed by atoms with Gasteiger partial charge in [0, 0.05) is 11.8 Å². The number of nitrogens with zero attached hydrogens (tertiary/aromatic N) is 1. The monoisotopic (exact) mass is 159 g/mol. The zero-order valence-electron chi connectivity index (χ0n) is 7.54. The van der Waals surface area contributed by atoms with Gasteiger partial charge >= 0.3 is 0 Å². The van der Waals surface area contributed by atoms with Crippen LogP contribution in [-0.4, -0.2) is 6.21 Å². The lowest BCUT2D eigenvalue weighted by molar-refractivity contribution is 0.679. The van der Waals surface area contributed by atoms with Gasteiger partial charge in [0.05, 0.1) is 5.70 Å². The number of fused-ring (bicyclic) bond motifs is 1. The van der Waals surface area contributed by atoms with Crippen LogP contribution in [0.5, 0.6) is 0 Å². The van der Waals surface area contributed by atoms with Crippen LogP contribution in [0.15, 0.2) is 40.1 Å². The van der Waals surface area contributed by atoms with Crippen LogP contribution in [0.4, 0.5) is 0 Å². The highest BCUT2D eigenvalue weighted by Gasteiger charge is 2.18. The molecule has 0 saturated heterocycles. The van der Waals surface area contributed by atoms with Gasteiger partial charge in [-0.3, -0.25) is 4.99 Å². The van der Waals surface area contributed by atoms with E-state index in [4.69, 9.17) is 0 Å². The molecule has 0 radical (unpaired) electrons. The minimum atomic E-state index is 0.636. The summed E-state index contributed by atoms with van der Waals surface area (Å²) >= 11 is 0. The van der Waals surface area contributed by atoms with E-state index in [1.54, 1.807) is 0 Å². The molecule has 1 nitrogen and oxygen atoms in total. The zero-order chi connectivity index (χ0) is 8.55. The molecule has 12 heavy (non-hydrogen) atoms. The van der Waals surface area contributed by atoms with E-state index < -0.39 is 0 Å². The fraction of sp³-hybridized carbons (Fsp3) is 0.364. The van der Waals surface area contributed by atoms with E-state index in [0.717, 1.165) is 5.70 Å². The molecule has 0 saturated carbocycles. The van der Waals surface area contributed by atoms with Gasteiger partial charge in [-0.15, -0.1) is 0 Å². The van der Waals surface area contributed by atoms with Gasteiger partial charge in [0.15, 0.2) is 0 Å². The van der Waals surface area contributed by atoms with Crippen LogP contribution in [0, 0.1) is 5.92 Å². The average Bonchev–Trinajstić information content (AvgIpc) is 2.62. The first-order valence-electron chi connectivity index (χ1n) is 4.50. The van der Waals surface area contributed by atoms with E-state index >= 15 is 0 Å². The molecule has 0 bridgehead atoms. The van der Waals surface area contributed by atoms with Crippen LogP contribution < -0.4 is 0 Å². The molecule has 0 spiro atoms. The van der Waals surface area contributed by atoms with Gasteiger partial charge in [0.2, 0.25) is 0 Å². The maximum absolute atomic E-state index is 4.35. The Hall–Kier alpha value is -1.11. The van der Waals surface area contributed by atoms with E-state index in [1.807, 2.05) is 6.21 Å². The van der Waals surface area contributed by atoms with Crippen molar-refractivity contribution in [2.45, 2.75) is 20.3 Å². The molecule has 62 valence electrons. The van der Waals surface area contributed by atoms with Gasteiger partial charge in [-0.05, 0) is 24.0 Å². The Morgan fingerprint density at radius 2 is 2.33 bits per heavy atom. The molecule has 2 aliphatic rings. The topological polar surface area (TPSA) is 12.4 Å². The Bertz CT molecular complexity index is 316. The molecule has 0 aromatic heterocycles. The molecule has 0 aromatic rings. The minimum Gasteiger partial charge on any atom is -0.256 e. The van der Waals surface area contributed by atoms with Crippen molar-refractivity contribution >= 4 is 6.21 Å². The normalized spacial score (nSPS) is 21.7. The fourth-order valence-corrected chi connectivity index (χ4v) is 1.59. The summed E-state index contributed by atoms with van der Waals surface area (Å²) in [6.07, 6.45) is 9.50. The van der Waals surface area contributed by atoms with Gasteiger partial charge in [0.25, 0.3) is 0 Å². The Labute approximate surface area is 73.2 Å². The van der Waals surface area contributed by atoms with Crippen molar-refractivity contribution in [3.63, 3.8) is 0 Å². The summed E-state index contributed by atoms with van der Waals surface area (Å²) in [6.45, 7) is 4.47. The Morgan fingerprint density at radius 3 is 3.08 bits per heavy atom. The molecule has 1 aliphatic heterocycles. The van der Waals surface area contributed by atoms with E-state index in [1.165, 1.54) is 17.6 Å². The molecule has 2 rings (SSSR count). The first-order chi connectivity index (χ1) is 5.83. The Balaban J connectivity index is 2.37. The zero-order valence-corrected chi connectivity index (χ0v) is 7.54. The van der Waals surface area contributed by atoms with Crippen LogP contribution in [0.25, 0.3) is 0 Å². The van der Waals surface area contributed by atoms with Gasteiger partial charge < -0.3 is 0 Å². The molecule has 1 aliphatic carbocycles. The highest BCUT2D eigenvalue weighted by atomic mass is 14.8. The van der Waals surface area contributed by atoms with Gasteiger partial charge in [-0.1, -0.05) is 26.0 Å². The lowest BCUT2D eigenvalue weighted by atomic mass is 9.96. The molecule has 0 fully saturated rings. The first kappa shape index (κ1) is 7.53. The third-order valence-electron chi connectivity index (χ3n) is 2.59. The molecule has 1 unspecified atom stereocenters. The average molecular weight is 159 g/mol. The standard InChI is InChI=1S/C11H13N/c1-3-8(2)10-7-12-11-6-4-5-9(10)11/h4-8H,3H2,1-2H3. The van der Waals surface area contributed by atoms with Gasteiger partial charge in [-0.2, -0.15) is 0 Å². The summed E-state index contributed by atoms with van der Waals surface area (Å²) in [5.41, 5.74) is 3.88. The first-order valence-corrected chi connectivity index (χ1v) is 4.50. The number of allylic oxidation sites excluding steroid dienone is 4. The second kappa shape index (κ2) is 2.74. The largest absolute Gasteiger partial charge is 0.256 e.